The number of carbonyl (C=O) groups is 1. The van der Waals surface area contributed by atoms with Gasteiger partial charge in [-0.25, -0.2) is 0 Å². The zero-order valence-electron chi connectivity index (χ0n) is 13.3. The summed E-state index contributed by atoms with van der Waals surface area (Å²) in [6.07, 6.45) is 7.45. The molecule has 1 heterocycles. The van der Waals surface area contributed by atoms with Crippen LogP contribution in [0.3, 0.4) is 0 Å². The van der Waals surface area contributed by atoms with Gasteiger partial charge in [-0.1, -0.05) is 39.0 Å². The van der Waals surface area contributed by atoms with Gasteiger partial charge in [0.25, 0.3) is 5.91 Å². The molecule has 0 bridgehead atoms. The molecule has 0 aromatic rings. The summed E-state index contributed by atoms with van der Waals surface area (Å²) in [6, 6.07) is 0.504. The van der Waals surface area contributed by atoms with E-state index in [4.69, 9.17) is 4.74 Å². The lowest BCUT2D eigenvalue weighted by Gasteiger charge is -2.30. The van der Waals surface area contributed by atoms with Gasteiger partial charge in [0.15, 0.2) is 6.10 Å². The van der Waals surface area contributed by atoms with E-state index in [0.29, 0.717) is 0 Å². The van der Waals surface area contributed by atoms with Crippen LogP contribution in [0, 0.1) is 0 Å². The van der Waals surface area contributed by atoms with Crippen molar-refractivity contribution in [3.8, 4) is 0 Å². The first-order valence-electron chi connectivity index (χ1n) is 7.96. The molecule has 0 radical (unpaired) electrons. The Morgan fingerprint density at radius 2 is 1.63 bits per heavy atom. The molecule has 1 aliphatic heterocycles. The molecule has 0 aromatic carbocycles. The molecular formula is C16H31NO2. The molecule has 2 atom stereocenters. The molecule has 19 heavy (non-hydrogen) atoms. The minimum Gasteiger partial charge on any atom is -0.359 e. The van der Waals surface area contributed by atoms with Gasteiger partial charge in [-0.2, -0.15) is 0 Å². The van der Waals surface area contributed by atoms with Gasteiger partial charge in [-0.05, 0) is 34.1 Å². The maximum absolute atomic E-state index is 12.3. The van der Waals surface area contributed by atoms with E-state index in [1.807, 2.05) is 4.90 Å². The predicted molar refractivity (Wildman–Crippen MR) is 79.2 cm³/mol. The Morgan fingerprint density at radius 3 is 2.16 bits per heavy atom. The number of unbranched alkanes of at least 4 members (excludes halogenated alkanes) is 4. The second-order valence-corrected chi connectivity index (χ2v) is 6.23. The van der Waals surface area contributed by atoms with Crippen LogP contribution in [0.15, 0.2) is 0 Å². The lowest BCUT2D eigenvalue weighted by atomic mass is 10.1. The van der Waals surface area contributed by atoms with E-state index in [1.54, 1.807) is 0 Å². The summed E-state index contributed by atoms with van der Waals surface area (Å²) in [5, 5.41) is 0. The standard InChI is InChI=1S/C16H31NO2/c1-6-7-8-9-10-11-14-15(19-14)16(18)17(12(2)3)13(4)5/h12-15H,6-11H2,1-5H3/t14-,15-/m0/s1. The van der Waals surface area contributed by atoms with Crippen molar-refractivity contribution in [3.63, 3.8) is 0 Å². The smallest absolute Gasteiger partial charge is 0.254 e. The van der Waals surface area contributed by atoms with Crippen molar-refractivity contribution in [2.24, 2.45) is 0 Å². The van der Waals surface area contributed by atoms with E-state index in [1.165, 1.54) is 32.1 Å². The maximum atomic E-state index is 12.3. The molecule has 0 spiro atoms. The van der Waals surface area contributed by atoms with Crippen LogP contribution in [-0.4, -0.2) is 35.1 Å². The van der Waals surface area contributed by atoms with Crippen LogP contribution in [0.2, 0.25) is 0 Å². The molecule has 3 nitrogen and oxygen atoms in total. The molecule has 1 amide bonds. The number of epoxide rings is 1. The normalized spacial score (nSPS) is 22.1. The number of rotatable bonds is 9. The molecule has 0 N–H and O–H groups in total. The molecule has 0 saturated carbocycles. The summed E-state index contributed by atoms with van der Waals surface area (Å²) >= 11 is 0. The highest BCUT2D eigenvalue weighted by Crippen LogP contribution is 2.30. The van der Waals surface area contributed by atoms with Crippen LogP contribution in [0.4, 0.5) is 0 Å². The highest BCUT2D eigenvalue weighted by atomic mass is 16.6. The van der Waals surface area contributed by atoms with Crippen LogP contribution in [0.1, 0.15) is 73.1 Å². The van der Waals surface area contributed by atoms with E-state index >= 15 is 0 Å². The molecule has 1 aliphatic rings. The summed E-state index contributed by atoms with van der Waals surface area (Å²) < 4.78 is 5.58. The Morgan fingerprint density at radius 1 is 1.05 bits per heavy atom. The highest BCUT2D eigenvalue weighted by molar-refractivity contribution is 5.84. The van der Waals surface area contributed by atoms with E-state index in [9.17, 15) is 4.79 Å². The average molecular weight is 269 g/mol. The van der Waals surface area contributed by atoms with Crippen molar-refractivity contribution in [3.05, 3.63) is 0 Å². The number of amides is 1. The van der Waals surface area contributed by atoms with Crippen molar-refractivity contribution in [2.45, 2.75) is 97.4 Å². The second kappa shape index (κ2) is 7.88. The van der Waals surface area contributed by atoms with Crippen molar-refractivity contribution >= 4 is 5.91 Å². The van der Waals surface area contributed by atoms with Gasteiger partial charge in [-0.3, -0.25) is 4.79 Å². The number of hydrogen-bond donors (Lipinski definition) is 0. The fourth-order valence-corrected chi connectivity index (χ4v) is 2.78. The Labute approximate surface area is 118 Å². The summed E-state index contributed by atoms with van der Waals surface area (Å²) in [5.41, 5.74) is 0. The van der Waals surface area contributed by atoms with E-state index in [2.05, 4.69) is 34.6 Å². The van der Waals surface area contributed by atoms with Gasteiger partial charge < -0.3 is 9.64 Å². The lowest BCUT2D eigenvalue weighted by molar-refractivity contribution is -0.136. The summed E-state index contributed by atoms with van der Waals surface area (Å²) in [4.78, 5) is 14.3. The van der Waals surface area contributed by atoms with E-state index in [0.717, 1.165) is 6.42 Å². The fraction of sp³-hybridized carbons (Fsp3) is 0.938. The molecule has 112 valence electrons. The zero-order valence-corrected chi connectivity index (χ0v) is 13.3. The third-order valence-corrected chi connectivity index (χ3v) is 3.79. The van der Waals surface area contributed by atoms with Crippen LogP contribution in [-0.2, 0) is 9.53 Å². The highest BCUT2D eigenvalue weighted by Gasteiger charge is 2.47. The molecule has 0 aromatic heterocycles. The zero-order chi connectivity index (χ0) is 14.4. The summed E-state index contributed by atoms with van der Waals surface area (Å²) in [7, 11) is 0. The second-order valence-electron chi connectivity index (χ2n) is 6.23. The first-order chi connectivity index (χ1) is 8.99. The Kier molecular flexibility index (Phi) is 6.84. The molecule has 1 rings (SSSR count). The third kappa shape index (κ3) is 5.13. The Hall–Kier alpha value is -0.570. The summed E-state index contributed by atoms with van der Waals surface area (Å²) in [6.45, 7) is 10.5. The monoisotopic (exact) mass is 269 g/mol. The molecule has 1 fully saturated rings. The Bertz CT molecular complexity index is 268. The number of hydrogen-bond acceptors (Lipinski definition) is 2. The lowest BCUT2D eigenvalue weighted by Crippen LogP contribution is -2.44. The molecular weight excluding hydrogens is 238 g/mol. The first kappa shape index (κ1) is 16.5. The largest absolute Gasteiger partial charge is 0.359 e. The maximum Gasteiger partial charge on any atom is 0.254 e. The van der Waals surface area contributed by atoms with Crippen LogP contribution < -0.4 is 0 Å². The first-order valence-corrected chi connectivity index (χ1v) is 7.96. The summed E-state index contributed by atoms with van der Waals surface area (Å²) in [5.74, 6) is 0.184. The van der Waals surface area contributed by atoms with Crippen molar-refractivity contribution in [1.82, 2.24) is 4.90 Å². The van der Waals surface area contributed by atoms with Gasteiger partial charge >= 0.3 is 0 Å². The third-order valence-electron chi connectivity index (χ3n) is 3.79. The minimum atomic E-state index is -0.157. The van der Waals surface area contributed by atoms with E-state index in [-0.39, 0.29) is 30.2 Å². The van der Waals surface area contributed by atoms with Gasteiger partial charge in [0, 0.05) is 12.1 Å². The van der Waals surface area contributed by atoms with Crippen LogP contribution in [0.5, 0.6) is 0 Å². The minimum absolute atomic E-state index is 0.157. The number of ether oxygens (including phenoxy) is 1. The number of nitrogens with zero attached hydrogens (tertiary/aromatic N) is 1. The molecule has 3 heteroatoms. The average Bonchev–Trinajstić information content (AvgIpc) is 3.07. The van der Waals surface area contributed by atoms with Gasteiger partial charge in [0.1, 0.15) is 0 Å². The molecule has 0 unspecified atom stereocenters. The molecule has 1 saturated heterocycles. The van der Waals surface area contributed by atoms with E-state index < -0.39 is 0 Å². The SMILES string of the molecule is CCCCCCC[C@@H]1O[C@@H]1C(=O)N(C(C)C)C(C)C. The number of carbonyl (C=O) groups excluding carboxylic acids is 1. The van der Waals surface area contributed by atoms with Gasteiger partial charge in [0.2, 0.25) is 0 Å². The van der Waals surface area contributed by atoms with Crippen LogP contribution >= 0.6 is 0 Å². The van der Waals surface area contributed by atoms with Crippen molar-refractivity contribution in [1.29, 1.82) is 0 Å². The van der Waals surface area contributed by atoms with Gasteiger partial charge in [-0.15, -0.1) is 0 Å². The van der Waals surface area contributed by atoms with Crippen LogP contribution in [0.25, 0.3) is 0 Å². The Balaban J connectivity index is 2.26. The van der Waals surface area contributed by atoms with Gasteiger partial charge in [0.05, 0.1) is 6.10 Å². The molecule has 0 aliphatic carbocycles. The van der Waals surface area contributed by atoms with Crippen molar-refractivity contribution < 1.29 is 9.53 Å². The predicted octanol–water partition coefficient (Wildman–Crippen LogP) is 3.76. The topological polar surface area (TPSA) is 32.8 Å². The quantitative estimate of drug-likeness (QED) is 0.471. The van der Waals surface area contributed by atoms with Crippen molar-refractivity contribution in [2.75, 3.05) is 0 Å². The fourth-order valence-electron chi connectivity index (χ4n) is 2.78.